The van der Waals surface area contributed by atoms with E-state index in [0.717, 1.165) is 11.6 Å². The monoisotopic (exact) mass is 408 g/mol. The van der Waals surface area contributed by atoms with Crippen LogP contribution in [0, 0.1) is 6.92 Å². The number of benzene rings is 1. The van der Waals surface area contributed by atoms with E-state index in [4.69, 9.17) is 9.47 Å². The van der Waals surface area contributed by atoms with Crippen LogP contribution in [0.2, 0.25) is 0 Å². The Kier molecular flexibility index (Phi) is 5.51. The lowest BCUT2D eigenvalue weighted by Gasteiger charge is -2.35. The third-order valence-electron chi connectivity index (χ3n) is 5.07. The van der Waals surface area contributed by atoms with Gasteiger partial charge >= 0.3 is 0 Å². The molecule has 1 aliphatic heterocycles. The molecule has 0 N–H and O–H groups in total. The highest BCUT2D eigenvalue weighted by atomic mass is 16.5. The largest absolute Gasteiger partial charge is 0.493 e. The molecule has 0 aliphatic carbocycles. The molecule has 156 valence electrons. The Balaban J connectivity index is 1.46. The maximum absolute atomic E-state index is 12.9. The Bertz CT molecular complexity index is 1030. The van der Waals surface area contributed by atoms with E-state index < -0.39 is 0 Å². The molecule has 1 aliphatic rings. The van der Waals surface area contributed by atoms with Gasteiger partial charge in [0.15, 0.2) is 17.3 Å². The predicted octanol–water partition coefficient (Wildman–Crippen LogP) is 1.95. The number of nitrogens with zero attached hydrogens (tertiary/aromatic N) is 6. The molecule has 1 saturated heterocycles. The van der Waals surface area contributed by atoms with E-state index in [1.54, 1.807) is 43.3 Å². The molecule has 30 heavy (non-hydrogen) atoms. The van der Waals surface area contributed by atoms with Crippen LogP contribution in [-0.2, 0) is 0 Å². The van der Waals surface area contributed by atoms with E-state index in [-0.39, 0.29) is 5.91 Å². The molecule has 0 radical (unpaired) electrons. The minimum atomic E-state index is -0.0216. The van der Waals surface area contributed by atoms with Crippen LogP contribution < -0.4 is 14.4 Å². The normalized spacial score (nSPS) is 14.0. The highest BCUT2D eigenvalue weighted by molar-refractivity contribution is 5.95. The maximum atomic E-state index is 12.9. The van der Waals surface area contributed by atoms with Crippen LogP contribution in [0.1, 0.15) is 16.2 Å². The van der Waals surface area contributed by atoms with E-state index in [1.807, 2.05) is 30.2 Å². The van der Waals surface area contributed by atoms with Crippen LogP contribution in [0.3, 0.4) is 0 Å². The lowest BCUT2D eigenvalue weighted by atomic mass is 10.1. The van der Waals surface area contributed by atoms with Gasteiger partial charge in [-0.15, -0.1) is 0 Å². The summed E-state index contributed by atoms with van der Waals surface area (Å²) in [5.74, 6) is 3.38. The van der Waals surface area contributed by atoms with E-state index >= 15 is 0 Å². The molecular formula is C21H24N6O3. The average molecular weight is 408 g/mol. The number of hydrogen-bond donors (Lipinski definition) is 0. The number of methoxy groups -OCH3 is 2. The Labute approximate surface area is 174 Å². The number of ether oxygens (including phenoxy) is 2. The molecule has 0 bridgehead atoms. The number of aryl methyl sites for hydroxylation is 1. The van der Waals surface area contributed by atoms with Crippen molar-refractivity contribution in [2.24, 2.45) is 0 Å². The topological polar surface area (TPSA) is 85.6 Å². The first kappa shape index (κ1) is 19.7. The van der Waals surface area contributed by atoms with Crippen molar-refractivity contribution >= 4 is 11.7 Å². The second-order valence-corrected chi connectivity index (χ2v) is 6.93. The molecule has 0 saturated carbocycles. The molecule has 9 heteroatoms. The number of amides is 1. The average Bonchev–Trinajstić information content (AvgIpc) is 3.33. The Morgan fingerprint density at radius 2 is 1.70 bits per heavy atom. The molecule has 3 aromatic rings. The molecule has 2 aromatic heterocycles. The van der Waals surface area contributed by atoms with Gasteiger partial charge < -0.3 is 19.3 Å². The summed E-state index contributed by atoms with van der Waals surface area (Å²) >= 11 is 0. The van der Waals surface area contributed by atoms with Gasteiger partial charge in [-0.05, 0) is 31.2 Å². The molecule has 1 amide bonds. The fourth-order valence-corrected chi connectivity index (χ4v) is 3.51. The zero-order valence-electron chi connectivity index (χ0n) is 17.3. The number of hydrogen-bond acceptors (Lipinski definition) is 7. The van der Waals surface area contributed by atoms with Crippen molar-refractivity contribution < 1.29 is 14.3 Å². The molecule has 4 rings (SSSR count). The number of rotatable bonds is 5. The smallest absolute Gasteiger partial charge is 0.254 e. The lowest BCUT2D eigenvalue weighted by Crippen LogP contribution is -2.49. The molecule has 3 heterocycles. The zero-order chi connectivity index (χ0) is 21.1. The van der Waals surface area contributed by atoms with Gasteiger partial charge in [-0.2, -0.15) is 5.10 Å². The van der Waals surface area contributed by atoms with Crippen molar-refractivity contribution in [3.05, 3.63) is 54.1 Å². The van der Waals surface area contributed by atoms with Crippen molar-refractivity contribution in [2.75, 3.05) is 45.3 Å². The van der Waals surface area contributed by atoms with Crippen molar-refractivity contribution in [2.45, 2.75) is 6.92 Å². The third kappa shape index (κ3) is 3.91. The SMILES string of the molecule is COc1ccc(C(=O)N2CCN(c3cc(-n4cccn4)nc(C)n3)CC2)cc1OC. The summed E-state index contributed by atoms with van der Waals surface area (Å²) in [4.78, 5) is 26.0. The maximum Gasteiger partial charge on any atom is 0.254 e. The molecular weight excluding hydrogens is 384 g/mol. The Hall–Kier alpha value is -3.62. The number of aromatic nitrogens is 4. The van der Waals surface area contributed by atoms with Crippen LogP contribution >= 0.6 is 0 Å². The first-order valence-electron chi connectivity index (χ1n) is 9.71. The predicted molar refractivity (Wildman–Crippen MR) is 112 cm³/mol. The van der Waals surface area contributed by atoms with Crippen molar-refractivity contribution in [1.82, 2.24) is 24.6 Å². The summed E-state index contributed by atoms with van der Waals surface area (Å²) < 4.78 is 12.3. The number of piperazine rings is 1. The number of anilines is 1. The quantitative estimate of drug-likeness (QED) is 0.638. The summed E-state index contributed by atoms with van der Waals surface area (Å²) in [5.41, 5.74) is 0.583. The molecule has 0 spiro atoms. The van der Waals surface area contributed by atoms with E-state index in [2.05, 4.69) is 20.0 Å². The minimum absolute atomic E-state index is 0.0216. The van der Waals surface area contributed by atoms with Gasteiger partial charge in [-0.25, -0.2) is 14.6 Å². The Morgan fingerprint density at radius 3 is 2.37 bits per heavy atom. The summed E-state index contributed by atoms with van der Waals surface area (Å²) in [5, 5.41) is 4.24. The van der Waals surface area contributed by atoms with Crippen LogP contribution in [0.15, 0.2) is 42.7 Å². The van der Waals surface area contributed by atoms with E-state index in [9.17, 15) is 4.79 Å². The standard InChI is InChI=1S/C21H24N6O3/c1-15-23-19(14-20(24-15)27-8-4-7-22-27)25-9-11-26(12-10-25)21(28)16-5-6-17(29-2)18(13-16)30-3/h4-8,13-14H,9-12H2,1-3H3. The molecule has 9 nitrogen and oxygen atoms in total. The van der Waals surface area contributed by atoms with Gasteiger partial charge in [0, 0.05) is 50.2 Å². The van der Waals surface area contributed by atoms with Crippen LogP contribution in [0.25, 0.3) is 5.82 Å². The summed E-state index contributed by atoms with van der Waals surface area (Å²) in [6.45, 7) is 4.45. The van der Waals surface area contributed by atoms with E-state index in [0.29, 0.717) is 49.1 Å². The fourth-order valence-electron chi connectivity index (χ4n) is 3.51. The fraction of sp³-hybridized carbons (Fsp3) is 0.333. The number of carbonyl (C=O) groups is 1. The van der Waals surface area contributed by atoms with Crippen LogP contribution in [0.5, 0.6) is 11.5 Å². The van der Waals surface area contributed by atoms with Gasteiger partial charge in [0.1, 0.15) is 11.6 Å². The Morgan fingerprint density at radius 1 is 0.967 bits per heavy atom. The van der Waals surface area contributed by atoms with Gasteiger partial charge in [0.2, 0.25) is 0 Å². The van der Waals surface area contributed by atoms with Gasteiger partial charge in [0.25, 0.3) is 5.91 Å². The minimum Gasteiger partial charge on any atom is -0.493 e. The molecule has 1 aromatic carbocycles. The van der Waals surface area contributed by atoms with Crippen molar-refractivity contribution in [1.29, 1.82) is 0 Å². The number of carbonyl (C=O) groups excluding carboxylic acids is 1. The lowest BCUT2D eigenvalue weighted by molar-refractivity contribution is 0.0746. The summed E-state index contributed by atoms with van der Waals surface area (Å²) in [6, 6.07) is 9.02. The van der Waals surface area contributed by atoms with Gasteiger partial charge in [0.05, 0.1) is 14.2 Å². The first-order valence-corrected chi connectivity index (χ1v) is 9.71. The summed E-state index contributed by atoms with van der Waals surface area (Å²) in [7, 11) is 3.14. The molecule has 0 unspecified atom stereocenters. The second-order valence-electron chi connectivity index (χ2n) is 6.93. The highest BCUT2D eigenvalue weighted by Gasteiger charge is 2.24. The van der Waals surface area contributed by atoms with Crippen molar-refractivity contribution in [3.8, 4) is 17.3 Å². The second kappa shape index (κ2) is 8.40. The molecule has 0 atom stereocenters. The van der Waals surface area contributed by atoms with E-state index in [1.165, 1.54) is 0 Å². The first-order chi connectivity index (χ1) is 14.6. The molecule has 1 fully saturated rings. The van der Waals surface area contributed by atoms with Gasteiger partial charge in [-0.1, -0.05) is 0 Å². The van der Waals surface area contributed by atoms with Crippen LogP contribution in [0.4, 0.5) is 5.82 Å². The van der Waals surface area contributed by atoms with Crippen molar-refractivity contribution in [3.63, 3.8) is 0 Å². The zero-order valence-corrected chi connectivity index (χ0v) is 17.3. The van der Waals surface area contributed by atoms with Gasteiger partial charge in [-0.3, -0.25) is 4.79 Å². The highest BCUT2D eigenvalue weighted by Crippen LogP contribution is 2.28. The summed E-state index contributed by atoms with van der Waals surface area (Å²) in [6.07, 6.45) is 3.57. The third-order valence-corrected chi connectivity index (χ3v) is 5.07. The van der Waals surface area contributed by atoms with Crippen LogP contribution in [-0.4, -0.2) is 71.0 Å².